The molecular formula is C13H20BClN4O2. The summed E-state index contributed by atoms with van der Waals surface area (Å²) >= 11 is 5.84. The van der Waals surface area contributed by atoms with Crippen molar-refractivity contribution in [1.29, 1.82) is 0 Å². The molecule has 0 saturated carbocycles. The lowest BCUT2D eigenvalue weighted by molar-refractivity contribution is 0.00578. The van der Waals surface area contributed by atoms with Crippen molar-refractivity contribution >= 4 is 30.6 Å². The highest BCUT2D eigenvalue weighted by molar-refractivity contribution is 6.56. The SMILES string of the molecule is CC1(C)OB(C(=Cc2cc(Cl)nnc2N)CN)OC1(C)C. The number of nitrogen functional groups attached to an aromatic ring is 1. The minimum absolute atomic E-state index is 0.265. The summed E-state index contributed by atoms with van der Waals surface area (Å²) in [5.41, 5.74) is 12.2. The Balaban J connectivity index is 2.33. The van der Waals surface area contributed by atoms with Gasteiger partial charge >= 0.3 is 7.12 Å². The maximum absolute atomic E-state index is 5.98. The number of rotatable bonds is 3. The smallest absolute Gasteiger partial charge is 0.400 e. The molecular weight excluding hydrogens is 290 g/mol. The summed E-state index contributed by atoms with van der Waals surface area (Å²) in [7, 11) is -0.522. The lowest BCUT2D eigenvalue weighted by Crippen LogP contribution is -2.41. The Hall–Kier alpha value is -1.15. The lowest BCUT2D eigenvalue weighted by atomic mass is 9.77. The van der Waals surface area contributed by atoms with E-state index in [1.54, 1.807) is 12.1 Å². The number of nitrogens with two attached hydrogens (primary N) is 2. The third-order valence-corrected chi connectivity index (χ3v) is 4.14. The fraction of sp³-hybridized carbons (Fsp3) is 0.538. The summed E-state index contributed by atoms with van der Waals surface area (Å²) in [4.78, 5) is 0. The van der Waals surface area contributed by atoms with E-state index in [-0.39, 0.29) is 17.5 Å². The second-order valence-electron chi connectivity index (χ2n) is 6.02. The average molecular weight is 311 g/mol. The summed E-state index contributed by atoms with van der Waals surface area (Å²) in [6, 6.07) is 1.63. The van der Waals surface area contributed by atoms with Crippen molar-refractivity contribution in [2.45, 2.75) is 38.9 Å². The maximum Gasteiger partial charge on any atom is 0.491 e. The zero-order valence-electron chi connectivity index (χ0n) is 12.7. The molecule has 0 radical (unpaired) electrons. The van der Waals surface area contributed by atoms with Crippen molar-refractivity contribution in [2.75, 3.05) is 12.3 Å². The van der Waals surface area contributed by atoms with E-state index in [1.165, 1.54) is 0 Å². The molecule has 1 aliphatic heterocycles. The second-order valence-corrected chi connectivity index (χ2v) is 6.41. The minimum Gasteiger partial charge on any atom is -0.400 e. The van der Waals surface area contributed by atoms with Crippen LogP contribution in [0.4, 0.5) is 5.82 Å². The predicted octanol–water partition coefficient (Wildman–Crippen LogP) is 1.69. The summed E-state index contributed by atoms with van der Waals surface area (Å²) < 4.78 is 12.0. The van der Waals surface area contributed by atoms with Gasteiger partial charge in [0.05, 0.1) is 11.2 Å². The Labute approximate surface area is 130 Å². The fourth-order valence-corrected chi connectivity index (χ4v) is 2.08. The minimum atomic E-state index is -0.522. The van der Waals surface area contributed by atoms with Crippen molar-refractivity contribution in [3.05, 3.63) is 22.3 Å². The standard InChI is InChI=1S/C13H20BClN4O2/c1-12(2)13(3,4)21-14(20-12)9(7-16)5-8-6-10(15)18-19-11(8)17/h5-6H,7,16H2,1-4H3,(H2,17,19). The monoisotopic (exact) mass is 310 g/mol. The molecule has 1 aromatic heterocycles. The van der Waals surface area contributed by atoms with Crippen molar-refractivity contribution in [3.63, 3.8) is 0 Å². The molecule has 1 fully saturated rings. The van der Waals surface area contributed by atoms with E-state index >= 15 is 0 Å². The summed E-state index contributed by atoms with van der Waals surface area (Å²) in [6.07, 6.45) is 1.79. The largest absolute Gasteiger partial charge is 0.491 e. The molecule has 4 N–H and O–H groups in total. The van der Waals surface area contributed by atoms with Crippen LogP contribution >= 0.6 is 11.6 Å². The van der Waals surface area contributed by atoms with Gasteiger partial charge in [-0.25, -0.2) is 0 Å². The molecule has 0 aliphatic carbocycles. The molecule has 8 heteroatoms. The van der Waals surface area contributed by atoms with E-state index in [2.05, 4.69) is 10.2 Å². The normalized spacial score (nSPS) is 20.9. The summed E-state index contributed by atoms with van der Waals surface area (Å²) in [6.45, 7) is 8.22. The third kappa shape index (κ3) is 3.21. The van der Waals surface area contributed by atoms with Gasteiger partial charge in [-0.05, 0) is 39.2 Å². The van der Waals surface area contributed by atoms with Gasteiger partial charge in [0.25, 0.3) is 0 Å². The molecule has 21 heavy (non-hydrogen) atoms. The molecule has 1 aromatic rings. The first-order valence-electron chi connectivity index (χ1n) is 6.71. The molecule has 1 aliphatic rings. The molecule has 0 spiro atoms. The molecule has 0 aromatic carbocycles. The highest BCUT2D eigenvalue weighted by Gasteiger charge is 2.52. The fourth-order valence-electron chi connectivity index (χ4n) is 1.92. The van der Waals surface area contributed by atoms with Crippen LogP contribution in [0.5, 0.6) is 0 Å². The van der Waals surface area contributed by atoms with E-state index in [4.69, 9.17) is 32.4 Å². The van der Waals surface area contributed by atoms with Crippen LogP contribution in [0.25, 0.3) is 6.08 Å². The van der Waals surface area contributed by atoms with Gasteiger partial charge in [-0.3, -0.25) is 0 Å². The van der Waals surface area contributed by atoms with Crippen LogP contribution in [0.2, 0.25) is 5.15 Å². The van der Waals surface area contributed by atoms with Crippen molar-refractivity contribution in [3.8, 4) is 0 Å². The van der Waals surface area contributed by atoms with Crippen molar-refractivity contribution < 1.29 is 9.31 Å². The molecule has 2 heterocycles. The molecule has 1 saturated heterocycles. The third-order valence-electron chi connectivity index (χ3n) is 3.96. The van der Waals surface area contributed by atoms with Crippen molar-refractivity contribution in [1.82, 2.24) is 10.2 Å². The highest BCUT2D eigenvalue weighted by atomic mass is 35.5. The van der Waals surface area contributed by atoms with E-state index in [0.29, 0.717) is 5.56 Å². The number of aromatic nitrogens is 2. The average Bonchev–Trinajstić information content (AvgIpc) is 2.59. The van der Waals surface area contributed by atoms with Crippen LogP contribution in [0.1, 0.15) is 33.3 Å². The molecule has 0 amide bonds. The van der Waals surface area contributed by atoms with Gasteiger partial charge in [0.2, 0.25) is 0 Å². The Morgan fingerprint density at radius 1 is 1.29 bits per heavy atom. The summed E-state index contributed by atoms with van der Waals surface area (Å²) in [5, 5.41) is 7.73. The van der Waals surface area contributed by atoms with Gasteiger partial charge < -0.3 is 20.8 Å². The van der Waals surface area contributed by atoms with E-state index in [0.717, 1.165) is 5.47 Å². The predicted molar refractivity (Wildman–Crippen MR) is 84.6 cm³/mol. The van der Waals surface area contributed by atoms with Crippen LogP contribution < -0.4 is 11.5 Å². The van der Waals surface area contributed by atoms with Crippen LogP contribution in [-0.2, 0) is 9.31 Å². The lowest BCUT2D eigenvalue weighted by Gasteiger charge is -2.32. The van der Waals surface area contributed by atoms with Crippen LogP contribution in [0, 0.1) is 0 Å². The Morgan fingerprint density at radius 2 is 1.86 bits per heavy atom. The van der Waals surface area contributed by atoms with Gasteiger partial charge in [-0.2, -0.15) is 0 Å². The quantitative estimate of drug-likeness (QED) is 0.825. The van der Waals surface area contributed by atoms with E-state index in [9.17, 15) is 0 Å². The number of hydrogen-bond acceptors (Lipinski definition) is 6. The van der Waals surface area contributed by atoms with Crippen LogP contribution in [-0.4, -0.2) is 35.1 Å². The summed E-state index contributed by atoms with van der Waals surface area (Å²) in [5.74, 6) is 0.280. The van der Waals surface area contributed by atoms with Gasteiger partial charge in [-0.15, -0.1) is 10.2 Å². The van der Waals surface area contributed by atoms with Gasteiger partial charge in [0.1, 0.15) is 0 Å². The Bertz CT molecular complexity index is 561. The van der Waals surface area contributed by atoms with Gasteiger partial charge in [0.15, 0.2) is 11.0 Å². The Morgan fingerprint density at radius 3 is 2.38 bits per heavy atom. The topological polar surface area (TPSA) is 96.3 Å². The first-order chi connectivity index (χ1) is 9.66. The van der Waals surface area contributed by atoms with E-state index < -0.39 is 18.3 Å². The molecule has 6 nitrogen and oxygen atoms in total. The second kappa shape index (κ2) is 5.57. The van der Waals surface area contributed by atoms with Crippen molar-refractivity contribution in [2.24, 2.45) is 5.73 Å². The molecule has 2 rings (SSSR count). The Kier molecular flexibility index (Phi) is 4.30. The first kappa shape index (κ1) is 16.2. The van der Waals surface area contributed by atoms with Crippen LogP contribution in [0.15, 0.2) is 11.5 Å². The number of anilines is 1. The van der Waals surface area contributed by atoms with Gasteiger partial charge in [0, 0.05) is 12.1 Å². The molecule has 0 bridgehead atoms. The first-order valence-corrected chi connectivity index (χ1v) is 7.09. The zero-order valence-corrected chi connectivity index (χ0v) is 13.4. The number of hydrogen-bond donors (Lipinski definition) is 2. The van der Waals surface area contributed by atoms with Gasteiger partial charge in [-0.1, -0.05) is 17.7 Å². The van der Waals surface area contributed by atoms with E-state index in [1.807, 2.05) is 27.7 Å². The number of halogens is 1. The molecule has 0 atom stereocenters. The number of nitrogens with zero attached hydrogens (tertiary/aromatic N) is 2. The maximum atomic E-state index is 5.98. The highest BCUT2D eigenvalue weighted by Crippen LogP contribution is 2.38. The zero-order chi connectivity index (χ0) is 15.8. The molecule has 114 valence electrons. The molecule has 0 unspecified atom stereocenters. The van der Waals surface area contributed by atoms with Crippen LogP contribution in [0.3, 0.4) is 0 Å².